The molecular formula is C29H34N2O4. The van der Waals surface area contributed by atoms with E-state index in [0.717, 1.165) is 30.4 Å². The fourth-order valence-corrected chi connectivity index (χ4v) is 4.79. The number of aliphatic hydroxyl groups is 2. The van der Waals surface area contributed by atoms with Gasteiger partial charge >= 0.3 is 0 Å². The molecule has 5 N–H and O–H groups in total. The molecule has 0 saturated carbocycles. The summed E-state index contributed by atoms with van der Waals surface area (Å²) in [5.41, 5.74) is 5.81. The number of amides is 1. The number of benzene rings is 3. The lowest BCUT2D eigenvalue weighted by Crippen LogP contribution is -2.36. The van der Waals surface area contributed by atoms with E-state index in [1.807, 2.05) is 24.3 Å². The number of aromatic hydroxyl groups is 1. The van der Waals surface area contributed by atoms with Crippen molar-refractivity contribution in [2.75, 3.05) is 6.54 Å². The van der Waals surface area contributed by atoms with Gasteiger partial charge in [-0.15, -0.1) is 0 Å². The third-order valence-corrected chi connectivity index (χ3v) is 6.63. The molecular weight excluding hydrogens is 440 g/mol. The van der Waals surface area contributed by atoms with Crippen LogP contribution in [0.4, 0.5) is 0 Å². The van der Waals surface area contributed by atoms with Crippen molar-refractivity contribution in [3.63, 3.8) is 0 Å². The maximum absolute atomic E-state index is 12.6. The van der Waals surface area contributed by atoms with E-state index >= 15 is 0 Å². The smallest absolute Gasteiger partial charge is 0.224 e. The lowest BCUT2D eigenvalue weighted by atomic mass is 10.0. The summed E-state index contributed by atoms with van der Waals surface area (Å²) in [6.07, 6.45) is 2.15. The Kier molecular flexibility index (Phi) is 8.18. The molecule has 4 rings (SSSR count). The zero-order valence-electron chi connectivity index (χ0n) is 20.1. The minimum atomic E-state index is -0.750. The number of hydrogen-bond donors (Lipinski definition) is 5. The van der Waals surface area contributed by atoms with E-state index < -0.39 is 6.10 Å². The Balaban J connectivity index is 1.25. The summed E-state index contributed by atoms with van der Waals surface area (Å²) in [4.78, 5) is 12.6. The van der Waals surface area contributed by atoms with Gasteiger partial charge in [0.2, 0.25) is 5.91 Å². The molecule has 3 aromatic carbocycles. The molecule has 2 atom stereocenters. The monoisotopic (exact) mass is 474 g/mol. The molecule has 6 heteroatoms. The van der Waals surface area contributed by atoms with Crippen molar-refractivity contribution in [3.8, 4) is 5.75 Å². The Labute approximate surface area is 206 Å². The van der Waals surface area contributed by atoms with Crippen LogP contribution in [-0.4, -0.2) is 39.9 Å². The van der Waals surface area contributed by atoms with Crippen LogP contribution in [0.3, 0.4) is 0 Å². The van der Waals surface area contributed by atoms with Gasteiger partial charge in [-0.05, 0) is 66.1 Å². The van der Waals surface area contributed by atoms with E-state index in [-0.39, 0.29) is 30.3 Å². The minimum Gasteiger partial charge on any atom is -0.508 e. The number of carbonyl (C=O) groups is 1. The Morgan fingerprint density at radius 2 is 1.71 bits per heavy atom. The quantitative estimate of drug-likeness (QED) is 0.311. The van der Waals surface area contributed by atoms with Crippen LogP contribution in [0.2, 0.25) is 0 Å². The fourth-order valence-electron chi connectivity index (χ4n) is 4.79. The normalized spacial score (nSPS) is 14.9. The first-order valence-corrected chi connectivity index (χ1v) is 12.2. The second kappa shape index (κ2) is 11.5. The van der Waals surface area contributed by atoms with Gasteiger partial charge in [0.1, 0.15) is 5.75 Å². The molecule has 0 saturated heterocycles. The summed E-state index contributed by atoms with van der Waals surface area (Å²) >= 11 is 0. The van der Waals surface area contributed by atoms with E-state index in [1.54, 1.807) is 12.1 Å². The van der Waals surface area contributed by atoms with Gasteiger partial charge in [0, 0.05) is 24.2 Å². The van der Waals surface area contributed by atoms with Crippen LogP contribution in [0.25, 0.3) is 0 Å². The highest BCUT2D eigenvalue weighted by molar-refractivity contribution is 5.79. The van der Waals surface area contributed by atoms with Gasteiger partial charge in [0.05, 0.1) is 19.1 Å². The molecule has 184 valence electrons. The molecule has 0 spiro atoms. The summed E-state index contributed by atoms with van der Waals surface area (Å²) in [7, 11) is 0. The van der Waals surface area contributed by atoms with Gasteiger partial charge in [-0.2, -0.15) is 0 Å². The highest BCUT2D eigenvalue weighted by Gasteiger charge is 2.22. The Hall–Kier alpha value is -3.19. The van der Waals surface area contributed by atoms with Crippen molar-refractivity contribution in [1.82, 2.24) is 10.6 Å². The topological polar surface area (TPSA) is 102 Å². The van der Waals surface area contributed by atoms with Crippen LogP contribution in [0.5, 0.6) is 5.75 Å². The number of hydrogen-bond acceptors (Lipinski definition) is 5. The van der Waals surface area contributed by atoms with Crippen molar-refractivity contribution in [2.45, 2.75) is 57.4 Å². The van der Waals surface area contributed by atoms with Crippen LogP contribution < -0.4 is 10.6 Å². The van der Waals surface area contributed by atoms with E-state index in [4.69, 9.17) is 0 Å². The first kappa shape index (κ1) is 24.9. The summed E-state index contributed by atoms with van der Waals surface area (Å²) in [5, 5.41) is 36.0. The molecule has 0 heterocycles. The molecule has 0 fully saturated rings. The molecule has 0 aromatic heterocycles. The van der Waals surface area contributed by atoms with Crippen molar-refractivity contribution < 1.29 is 20.1 Å². The van der Waals surface area contributed by atoms with E-state index in [9.17, 15) is 20.1 Å². The summed E-state index contributed by atoms with van der Waals surface area (Å²) < 4.78 is 0. The maximum Gasteiger partial charge on any atom is 0.224 e. The number of phenols is 1. The molecule has 1 unspecified atom stereocenters. The first-order chi connectivity index (χ1) is 16.9. The minimum absolute atomic E-state index is 0.0201. The summed E-state index contributed by atoms with van der Waals surface area (Å²) in [5.74, 6) is 0.0667. The standard InChI is InChI=1S/C29H34N2O4/c1-19(30-17-28(34)24-9-10-27(33)25(14-24)18-32)11-20-5-4-6-21(12-20)13-29(35)31-26-15-22-7-2-3-8-23(22)16-26/h2-10,12,14,19,26,28,30,32-34H,11,13,15-18H2,1H3,(H,31,35)/t19?,28-/m0/s1. The fraction of sp³-hybridized carbons (Fsp3) is 0.345. The molecule has 0 bridgehead atoms. The van der Waals surface area contributed by atoms with Crippen LogP contribution >= 0.6 is 0 Å². The van der Waals surface area contributed by atoms with Gasteiger partial charge < -0.3 is 26.0 Å². The van der Waals surface area contributed by atoms with Crippen molar-refractivity contribution in [3.05, 3.63) is 100 Å². The van der Waals surface area contributed by atoms with Gasteiger partial charge in [-0.25, -0.2) is 0 Å². The van der Waals surface area contributed by atoms with Crippen molar-refractivity contribution in [1.29, 1.82) is 0 Å². The largest absolute Gasteiger partial charge is 0.508 e. The number of rotatable bonds is 10. The number of fused-ring (bicyclic) bond motifs is 1. The van der Waals surface area contributed by atoms with Crippen molar-refractivity contribution >= 4 is 5.91 Å². The van der Waals surface area contributed by atoms with Crippen LogP contribution in [0.1, 0.15) is 46.4 Å². The van der Waals surface area contributed by atoms with Crippen LogP contribution in [0.15, 0.2) is 66.7 Å². The molecule has 35 heavy (non-hydrogen) atoms. The van der Waals surface area contributed by atoms with E-state index in [2.05, 4.69) is 41.8 Å². The third kappa shape index (κ3) is 6.69. The summed E-state index contributed by atoms with van der Waals surface area (Å²) in [6, 6.07) is 21.5. The highest BCUT2D eigenvalue weighted by Crippen LogP contribution is 2.23. The zero-order chi connectivity index (χ0) is 24.8. The van der Waals surface area contributed by atoms with E-state index in [0.29, 0.717) is 24.1 Å². The molecule has 3 aromatic rings. The summed E-state index contributed by atoms with van der Waals surface area (Å²) in [6.45, 7) is 2.13. The molecule has 0 radical (unpaired) electrons. The average Bonchev–Trinajstić information content (AvgIpc) is 3.25. The predicted octanol–water partition coefficient (Wildman–Crippen LogP) is 2.96. The molecule has 1 aliphatic rings. The van der Waals surface area contributed by atoms with Crippen LogP contribution in [-0.2, 0) is 37.1 Å². The Morgan fingerprint density at radius 1 is 1.00 bits per heavy atom. The second-order valence-corrected chi connectivity index (χ2v) is 9.51. The molecule has 6 nitrogen and oxygen atoms in total. The first-order valence-electron chi connectivity index (χ1n) is 12.2. The van der Waals surface area contributed by atoms with Crippen LogP contribution in [0, 0.1) is 0 Å². The molecule has 0 aliphatic heterocycles. The van der Waals surface area contributed by atoms with Gasteiger partial charge in [-0.1, -0.05) is 54.6 Å². The van der Waals surface area contributed by atoms with Gasteiger partial charge in [-0.3, -0.25) is 4.79 Å². The third-order valence-electron chi connectivity index (χ3n) is 6.63. The average molecular weight is 475 g/mol. The highest BCUT2D eigenvalue weighted by atomic mass is 16.3. The van der Waals surface area contributed by atoms with Gasteiger partial charge in [0.25, 0.3) is 0 Å². The maximum atomic E-state index is 12.6. The number of aliphatic hydroxyl groups excluding tert-OH is 2. The van der Waals surface area contributed by atoms with Gasteiger partial charge in [0.15, 0.2) is 0 Å². The lowest BCUT2D eigenvalue weighted by molar-refractivity contribution is -0.121. The number of carbonyl (C=O) groups excluding carboxylic acids is 1. The van der Waals surface area contributed by atoms with Crippen molar-refractivity contribution in [2.24, 2.45) is 0 Å². The Bertz CT molecular complexity index is 1140. The number of nitrogens with one attached hydrogen (secondary N) is 2. The predicted molar refractivity (Wildman–Crippen MR) is 136 cm³/mol. The molecule has 1 amide bonds. The van der Waals surface area contributed by atoms with E-state index in [1.165, 1.54) is 17.2 Å². The molecule has 1 aliphatic carbocycles. The SMILES string of the molecule is CC(Cc1cccc(CC(=O)NC2Cc3ccccc3C2)c1)NC[C@H](O)c1ccc(O)c(CO)c1. The lowest BCUT2D eigenvalue weighted by Gasteiger charge is -2.18. The Morgan fingerprint density at radius 3 is 2.43 bits per heavy atom. The zero-order valence-corrected chi connectivity index (χ0v) is 20.1. The second-order valence-electron chi connectivity index (χ2n) is 9.51.